The number of aliphatic hydroxyl groups excluding tert-OH is 1. The van der Waals surface area contributed by atoms with Crippen molar-refractivity contribution in [1.29, 1.82) is 0 Å². The quantitative estimate of drug-likeness (QED) is 0.888. The first-order valence-electron chi connectivity index (χ1n) is 6.33. The van der Waals surface area contributed by atoms with Crippen LogP contribution in [0.1, 0.15) is 31.9 Å². The van der Waals surface area contributed by atoms with E-state index in [1.807, 2.05) is 6.92 Å². The summed E-state index contributed by atoms with van der Waals surface area (Å²) in [5, 5.41) is 16.1. The van der Waals surface area contributed by atoms with Crippen molar-refractivity contribution >= 4 is 11.8 Å². The molecule has 0 amide bonds. The predicted molar refractivity (Wildman–Crippen MR) is 74.3 cm³/mol. The average Bonchev–Trinajstić information content (AvgIpc) is 2.74. The second kappa shape index (κ2) is 6.23. The van der Waals surface area contributed by atoms with Crippen molar-refractivity contribution in [3.8, 4) is 0 Å². The Bertz CT molecular complexity index is 651. The molecule has 1 heterocycles. The van der Waals surface area contributed by atoms with Crippen molar-refractivity contribution in [2.24, 2.45) is 0 Å². The maximum Gasteiger partial charge on any atom is 0.343 e. The molecular weight excluding hydrogens is 281 g/mol. The van der Waals surface area contributed by atoms with Crippen molar-refractivity contribution in [2.75, 3.05) is 0 Å². The number of aromatic amines is 1. The van der Waals surface area contributed by atoms with Gasteiger partial charge in [-0.05, 0) is 42.8 Å². The van der Waals surface area contributed by atoms with Gasteiger partial charge in [-0.3, -0.25) is 4.57 Å². The number of benzene rings is 1. The zero-order valence-corrected chi connectivity index (χ0v) is 12.1. The number of aromatic nitrogens is 3. The van der Waals surface area contributed by atoms with Crippen molar-refractivity contribution in [3.05, 3.63) is 40.1 Å². The normalized spacial score (nSPS) is 12.6. The lowest BCUT2D eigenvalue weighted by Crippen LogP contribution is -2.17. The fraction of sp³-hybridized carbons (Fsp3) is 0.385. The number of rotatable bonds is 5. The van der Waals surface area contributed by atoms with Gasteiger partial charge in [0.1, 0.15) is 5.82 Å². The first-order valence-corrected chi connectivity index (χ1v) is 7.15. The fourth-order valence-corrected chi connectivity index (χ4v) is 2.62. The molecule has 0 bridgehead atoms. The van der Waals surface area contributed by atoms with Gasteiger partial charge < -0.3 is 5.11 Å². The van der Waals surface area contributed by atoms with Crippen LogP contribution in [0.5, 0.6) is 0 Å². The van der Waals surface area contributed by atoms with E-state index in [9.17, 15) is 14.3 Å². The largest absolute Gasteiger partial charge is 0.389 e. The molecule has 0 saturated carbocycles. The molecule has 0 radical (unpaired) electrons. The lowest BCUT2D eigenvalue weighted by Gasteiger charge is -2.08. The highest BCUT2D eigenvalue weighted by Crippen LogP contribution is 2.29. The van der Waals surface area contributed by atoms with Gasteiger partial charge in [0, 0.05) is 6.54 Å². The molecule has 0 aliphatic heterocycles. The molecule has 1 aromatic carbocycles. The molecule has 108 valence electrons. The summed E-state index contributed by atoms with van der Waals surface area (Å²) in [6, 6.07) is 4.53. The van der Waals surface area contributed by atoms with Crippen LogP contribution in [-0.4, -0.2) is 19.9 Å². The van der Waals surface area contributed by atoms with Crippen LogP contribution < -0.4 is 5.69 Å². The number of hydrogen-bond donors (Lipinski definition) is 2. The standard InChI is InChI=1S/C13H16FN3O2S/c1-3-6-17-12(19)15-16-13(17)20-11-5-4-9(8(2)18)7-10(11)14/h4-5,7-8,18H,3,6H2,1-2H3,(H,15,19). The van der Waals surface area contributed by atoms with Gasteiger partial charge in [0.2, 0.25) is 0 Å². The number of halogens is 1. The predicted octanol–water partition coefficient (Wildman–Crippen LogP) is 2.32. The lowest BCUT2D eigenvalue weighted by molar-refractivity contribution is 0.198. The van der Waals surface area contributed by atoms with Gasteiger partial charge in [-0.25, -0.2) is 14.3 Å². The summed E-state index contributed by atoms with van der Waals surface area (Å²) in [7, 11) is 0. The van der Waals surface area contributed by atoms with Crippen LogP contribution in [0, 0.1) is 5.82 Å². The molecule has 0 spiro atoms. The maximum atomic E-state index is 14.0. The monoisotopic (exact) mass is 297 g/mol. The Hall–Kier alpha value is -1.60. The third kappa shape index (κ3) is 3.10. The third-order valence-electron chi connectivity index (χ3n) is 2.81. The molecule has 2 rings (SSSR count). The number of nitrogens with one attached hydrogen (secondary N) is 1. The van der Waals surface area contributed by atoms with Gasteiger partial charge in [-0.2, -0.15) is 0 Å². The molecule has 0 saturated heterocycles. The molecule has 2 N–H and O–H groups in total. The van der Waals surface area contributed by atoms with Crippen LogP contribution in [0.3, 0.4) is 0 Å². The topological polar surface area (TPSA) is 70.9 Å². The first kappa shape index (κ1) is 14.8. The Kier molecular flexibility index (Phi) is 4.61. The summed E-state index contributed by atoms with van der Waals surface area (Å²) in [5.41, 5.74) is 0.218. The lowest BCUT2D eigenvalue weighted by atomic mass is 10.1. The Morgan fingerprint density at radius 1 is 1.55 bits per heavy atom. The zero-order valence-electron chi connectivity index (χ0n) is 11.3. The number of H-pyrrole nitrogens is 1. The molecule has 0 fully saturated rings. The summed E-state index contributed by atoms with van der Waals surface area (Å²) in [5.74, 6) is -0.438. The fourth-order valence-electron chi connectivity index (χ4n) is 1.76. The van der Waals surface area contributed by atoms with E-state index in [-0.39, 0.29) is 5.69 Å². The molecule has 1 aromatic heterocycles. The third-order valence-corrected chi connectivity index (χ3v) is 3.86. The number of hydrogen-bond acceptors (Lipinski definition) is 4. The molecule has 1 atom stereocenters. The van der Waals surface area contributed by atoms with E-state index in [4.69, 9.17) is 0 Å². The average molecular weight is 297 g/mol. The van der Waals surface area contributed by atoms with Crippen molar-refractivity contribution in [2.45, 2.75) is 43.0 Å². The molecule has 0 aliphatic rings. The minimum atomic E-state index is -0.716. The summed E-state index contributed by atoms with van der Waals surface area (Å²) in [6.45, 7) is 4.06. The van der Waals surface area contributed by atoms with E-state index < -0.39 is 11.9 Å². The zero-order chi connectivity index (χ0) is 14.7. The van der Waals surface area contributed by atoms with Crippen molar-refractivity contribution < 1.29 is 9.50 Å². The SMILES string of the molecule is CCCn1c(Sc2ccc(C(C)O)cc2F)n[nH]c1=O. The van der Waals surface area contributed by atoms with Gasteiger partial charge in [-0.1, -0.05) is 13.0 Å². The molecule has 7 heteroatoms. The molecule has 1 unspecified atom stereocenters. The summed E-state index contributed by atoms with van der Waals surface area (Å²) in [6.07, 6.45) is 0.0726. The molecule has 2 aromatic rings. The highest BCUT2D eigenvalue weighted by Gasteiger charge is 2.13. The van der Waals surface area contributed by atoms with Crippen LogP contribution in [-0.2, 0) is 6.54 Å². The molecule has 5 nitrogen and oxygen atoms in total. The first-order chi connectivity index (χ1) is 9.52. The van der Waals surface area contributed by atoms with Gasteiger partial charge in [0.15, 0.2) is 5.16 Å². The maximum absolute atomic E-state index is 14.0. The molecule has 0 aliphatic carbocycles. The Labute approximate surface area is 119 Å². The Morgan fingerprint density at radius 2 is 2.30 bits per heavy atom. The molecular formula is C13H16FN3O2S. The second-order valence-electron chi connectivity index (χ2n) is 4.43. The van der Waals surface area contributed by atoms with E-state index in [1.54, 1.807) is 19.1 Å². The van der Waals surface area contributed by atoms with Crippen LogP contribution in [0.25, 0.3) is 0 Å². The van der Waals surface area contributed by atoms with Crippen molar-refractivity contribution in [3.63, 3.8) is 0 Å². The van der Waals surface area contributed by atoms with Crippen LogP contribution in [0.15, 0.2) is 33.0 Å². The highest BCUT2D eigenvalue weighted by atomic mass is 32.2. The summed E-state index contributed by atoms with van der Waals surface area (Å²) in [4.78, 5) is 11.9. The van der Waals surface area contributed by atoms with Crippen LogP contribution >= 0.6 is 11.8 Å². The van der Waals surface area contributed by atoms with E-state index in [1.165, 1.54) is 10.6 Å². The van der Waals surface area contributed by atoms with Crippen molar-refractivity contribution in [1.82, 2.24) is 14.8 Å². The van der Waals surface area contributed by atoms with Gasteiger partial charge in [-0.15, -0.1) is 5.10 Å². The Morgan fingerprint density at radius 3 is 2.90 bits per heavy atom. The number of nitrogens with zero attached hydrogens (tertiary/aromatic N) is 2. The Balaban J connectivity index is 2.28. The van der Waals surface area contributed by atoms with Gasteiger partial charge >= 0.3 is 5.69 Å². The van der Waals surface area contributed by atoms with Gasteiger partial charge in [0.05, 0.1) is 11.0 Å². The number of aliphatic hydroxyl groups is 1. The van der Waals surface area contributed by atoms with Crippen LogP contribution in [0.2, 0.25) is 0 Å². The van der Waals surface area contributed by atoms with E-state index in [2.05, 4.69) is 10.2 Å². The minimum absolute atomic E-state index is 0.296. The van der Waals surface area contributed by atoms with E-state index in [0.29, 0.717) is 22.2 Å². The molecule has 20 heavy (non-hydrogen) atoms. The van der Waals surface area contributed by atoms with E-state index in [0.717, 1.165) is 18.2 Å². The summed E-state index contributed by atoms with van der Waals surface area (Å²) >= 11 is 1.09. The smallest absolute Gasteiger partial charge is 0.343 e. The second-order valence-corrected chi connectivity index (χ2v) is 5.44. The highest BCUT2D eigenvalue weighted by molar-refractivity contribution is 7.99. The minimum Gasteiger partial charge on any atom is -0.389 e. The van der Waals surface area contributed by atoms with Gasteiger partial charge in [0.25, 0.3) is 0 Å². The van der Waals surface area contributed by atoms with E-state index >= 15 is 0 Å². The summed E-state index contributed by atoms with van der Waals surface area (Å²) < 4.78 is 15.4. The van der Waals surface area contributed by atoms with Crippen LogP contribution in [0.4, 0.5) is 4.39 Å².